The molecule has 1 N–H and O–H groups in total. The molecule has 0 saturated carbocycles. The number of nitrogens with zero attached hydrogens (tertiary/aromatic N) is 2. The molecule has 0 aromatic carbocycles. The number of rotatable bonds is 3. The maximum absolute atomic E-state index is 8.61. The molecule has 0 unspecified atom stereocenters. The van der Waals surface area contributed by atoms with Crippen LogP contribution in [0.25, 0.3) is 0 Å². The molecule has 0 radical (unpaired) electrons. The lowest BCUT2D eigenvalue weighted by Gasteiger charge is -1.98. The van der Waals surface area contributed by atoms with E-state index in [4.69, 9.17) is 5.11 Å². The van der Waals surface area contributed by atoms with Gasteiger partial charge in [-0.3, -0.25) is 4.68 Å². The molecule has 76 valence electrons. The molecule has 0 bridgehead atoms. The first kappa shape index (κ1) is 12.2. The third-order valence-corrected chi connectivity index (χ3v) is 1.58. The molecule has 0 aliphatic rings. The van der Waals surface area contributed by atoms with E-state index in [-0.39, 0.29) is 6.61 Å². The van der Waals surface area contributed by atoms with Crippen molar-refractivity contribution in [3.8, 4) is 0 Å². The number of aromatic nitrogens is 2. The van der Waals surface area contributed by atoms with Crippen LogP contribution in [0.4, 0.5) is 0 Å². The third kappa shape index (κ3) is 4.08. The minimum atomic E-state index is 0.152. The summed E-state index contributed by atoms with van der Waals surface area (Å²) in [6.07, 6.45) is 1.89. The Kier molecular flexibility index (Phi) is 6.24. The summed E-state index contributed by atoms with van der Waals surface area (Å²) in [7, 11) is 0. The molecule has 0 aliphatic carbocycles. The van der Waals surface area contributed by atoms with E-state index in [1.165, 1.54) is 0 Å². The SMILES string of the molecule is CC.CC(C)c1ccn(CCO)n1. The Morgan fingerprint density at radius 1 is 1.46 bits per heavy atom. The highest BCUT2D eigenvalue weighted by atomic mass is 16.3. The first-order valence-electron chi connectivity index (χ1n) is 4.88. The van der Waals surface area contributed by atoms with Crippen molar-refractivity contribution in [3.63, 3.8) is 0 Å². The van der Waals surface area contributed by atoms with Crippen LogP contribution < -0.4 is 0 Å². The van der Waals surface area contributed by atoms with Gasteiger partial charge in [-0.15, -0.1) is 0 Å². The molecule has 0 saturated heterocycles. The van der Waals surface area contributed by atoms with Crippen molar-refractivity contribution in [2.24, 2.45) is 0 Å². The molecule has 1 aromatic rings. The van der Waals surface area contributed by atoms with Gasteiger partial charge in [0, 0.05) is 6.20 Å². The molecule has 0 aliphatic heterocycles. The Morgan fingerprint density at radius 2 is 2.08 bits per heavy atom. The summed E-state index contributed by atoms with van der Waals surface area (Å²) in [6, 6.07) is 1.99. The maximum Gasteiger partial charge on any atom is 0.0649 e. The lowest BCUT2D eigenvalue weighted by molar-refractivity contribution is 0.269. The summed E-state index contributed by atoms with van der Waals surface area (Å²) in [6.45, 7) is 8.95. The van der Waals surface area contributed by atoms with Crippen molar-refractivity contribution in [2.45, 2.75) is 40.2 Å². The molecular formula is C10H20N2O. The van der Waals surface area contributed by atoms with Crippen LogP contribution in [0.1, 0.15) is 39.3 Å². The van der Waals surface area contributed by atoms with Crippen LogP contribution in [0, 0.1) is 0 Å². The van der Waals surface area contributed by atoms with Gasteiger partial charge in [0.15, 0.2) is 0 Å². The van der Waals surface area contributed by atoms with Gasteiger partial charge in [0.05, 0.1) is 18.8 Å². The Morgan fingerprint density at radius 3 is 2.46 bits per heavy atom. The minimum absolute atomic E-state index is 0.152. The molecule has 0 amide bonds. The van der Waals surface area contributed by atoms with Crippen LogP contribution in [0.5, 0.6) is 0 Å². The standard InChI is InChI=1S/C8H14N2O.C2H6/c1-7(2)8-3-4-10(9-8)5-6-11;1-2/h3-4,7,11H,5-6H2,1-2H3;1-2H3. The first-order chi connectivity index (χ1) is 6.24. The van der Waals surface area contributed by atoms with Gasteiger partial charge in [-0.2, -0.15) is 5.10 Å². The largest absolute Gasteiger partial charge is 0.394 e. The minimum Gasteiger partial charge on any atom is -0.394 e. The Bertz CT molecular complexity index is 218. The predicted molar refractivity (Wildman–Crippen MR) is 54.7 cm³/mol. The number of aliphatic hydroxyl groups excluding tert-OH is 1. The zero-order chi connectivity index (χ0) is 10.3. The van der Waals surface area contributed by atoms with Gasteiger partial charge in [-0.05, 0) is 12.0 Å². The van der Waals surface area contributed by atoms with Gasteiger partial charge >= 0.3 is 0 Å². The summed E-state index contributed by atoms with van der Waals surface area (Å²) < 4.78 is 1.76. The molecule has 1 heterocycles. The van der Waals surface area contributed by atoms with Crippen molar-refractivity contribution < 1.29 is 5.11 Å². The van der Waals surface area contributed by atoms with Crippen LogP contribution in [-0.2, 0) is 6.54 Å². The summed E-state index contributed by atoms with van der Waals surface area (Å²) in [5.41, 5.74) is 1.08. The molecule has 13 heavy (non-hydrogen) atoms. The van der Waals surface area contributed by atoms with Crippen molar-refractivity contribution in [1.29, 1.82) is 0 Å². The van der Waals surface area contributed by atoms with E-state index in [1.54, 1.807) is 4.68 Å². The van der Waals surface area contributed by atoms with Crippen LogP contribution >= 0.6 is 0 Å². The van der Waals surface area contributed by atoms with Crippen molar-refractivity contribution in [2.75, 3.05) is 6.61 Å². The molecule has 0 fully saturated rings. The van der Waals surface area contributed by atoms with Gasteiger partial charge in [0.2, 0.25) is 0 Å². The molecular weight excluding hydrogens is 164 g/mol. The second-order valence-corrected chi connectivity index (χ2v) is 2.88. The van der Waals surface area contributed by atoms with E-state index >= 15 is 0 Å². The molecule has 1 rings (SSSR count). The Labute approximate surface area is 80.4 Å². The van der Waals surface area contributed by atoms with Gasteiger partial charge in [-0.1, -0.05) is 27.7 Å². The number of aliphatic hydroxyl groups is 1. The zero-order valence-corrected chi connectivity index (χ0v) is 8.99. The quantitative estimate of drug-likeness (QED) is 0.780. The average molecular weight is 184 g/mol. The topological polar surface area (TPSA) is 38.0 Å². The molecule has 0 spiro atoms. The van der Waals surface area contributed by atoms with Crippen molar-refractivity contribution >= 4 is 0 Å². The molecule has 0 atom stereocenters. The fraction of sp³-hybridized carbons (Fsp3) is 0.700. The predicted octanol–water partition coefficient (Wildman–Crippen LogP) is 2.02. The Balaban J connectivity index is 0.000000671. The van der Waals surface area contributed by atoms with E-state index in [0.29, 0.717) is 12.5 Å². The third-order valence-electron chi connectivity index (χ3n) is 1.58. The van der Waals surface area contributed by atoms with E-state index in [1.807, 2.05) is 26.1 Å². The number of hydrogen-bond donors (Lipinski definition) is 1. The van der Waals surface area contributed by atoms with E-state index in [9.17, 15) is 0 Å². The second-order valence-electron chi connectivity index (χ2n) is 2.88. The van der Waals surface area contributed by atoms with E-state index in [0.717, 1.165) is 5.69 Å². The van der Waals surface area contributed by atoms with E-state index in [2.05, 4.69) is 18.9 Å². The van der Waals surface area contributed by atoms with Gasteiger partial charge in [0.1, 0.15) is 0 Å². The lowest BCUT2D eigenvalue weighted by Crippen LogP contribution is -2.03. The normalized spacial score (nSPS) is 9.69. The first-order valence-corrected chi connectivity index (χ1v) is 4.88. The van der Waals surface area contributed by atoms with Crippen molar-refractivity contribution in [3.05, 3.63) is 18.0 Å². The van der Waals surface area contributed by atoms with Crippen molar-refractivity contribution in [1.82, 2.24) is 9.78 Å². The van der Waals surface area contributed by atoms with E-state index < -0.39 is 0 Å². The smallest absolute Gasteiger partial charge is 0.0649 e. The van der Waals surface area contributed by atoms with Crippen LogP contribution in [0.2, 0.25) is 0 Å². The van der Waals surface area contributed by atoms with Crippen LogP contribution in [0.3, 0.4) is 0 Å². The highest BCUT2D eigenvalue weighted by Gasteiger charge is 2.01. The molecule has 1 aromatic heterocycles. The Hall–Kier alpha value is -0.830. The fourth-order valence-corrected chi connectivity index (χ4v) is 0.912. The van der Waals surface area contributed by atoms with Gasteiger partial charge in [-0.25, -0.2) is 0 Å². The monoisotopic (exact) mass is 184 g/mol. The zero-order valence-electron chi connectivity index (χ0n) is 8.99. The second kappa shape index (κ2) is 6.66. The summed E-state index contributed by atoms with van der Waals surface area (Å²) in [5, 5.41) is 12.9. The average Bonchev–Trinajstić information content (AvgIpc) is 2.57. The highest BCUT2D eigenvalue weighted by molar-refractivity contribution is 5.03. The van der Waals surface area contributed by atoms with Crippen LogP contribution in [-0.4, -0.2) is 21.5 Å². The molecule has 3 heteroatoms. The maximum atomic E-state index is 8.61. The highest BCUT2D eigenvalue weighted by Crippen LogP contribution is 2.09. The summed E-state index contributed by atoms with van der Waals surface area (Å²) >= 11 is 0. The fourth-order valence-electron chi connectivity index (χ4n) is 0.912. The summed E-state index contributed by atoms with van der Waals surface area (Å²) in [4.78, 5) is 0. The summed E-state index contributed by atoms with van der Waals surface area (Å²) in [5.74, 6) is 0.468. The molecule has 3 nitrogen and oxygen atoms in total. The van der Waals surface area contributed by atoms with Gasteiger partial charge < -0.3 is 5.11 Å². The van der Waals surface area contributed by atoms with Crippen LogP contribution in [0.15, 0.2) is 12.3 Å². The van der Waals surface area contributed by atoms with Gasteiger partial charge in [0.25, 0.3) is 0 Å². The lowest BCUT2D eigenvalue weighted by atomic mass is 10.1. The number of hydrogen-bond acceptors (Lipinski definition) is 2.